The lowest BCUT2D eigenvalue weighted by Crippen LogP contribution is -2.27. The van der Waals surface area contributed by atoms with Gasteiger partial charge in [-0.2, -0.15) is 5.10 Å². The minimum absolute atomic E-state index is 0.125. The topological polar surface area (TPSA) is 94.7 Å². The third-order valence-corrected chi connectivity index (χ3v) is 3.70. The van der Waals surface area contributed by atoms with Crippen molar-refractivity contribution in [2.75, 3.05) is 5.32 Å². The second-order valence-electron chi connectivity index (χ2n) is 6.23. The minimum atomic E-state index is -0.247. The molecule has 0 aliphatic rings. The Bertz CT molecular complexity index is 943. The van der Waals surface area contributed by atoms with Crippen molar-refractivity contribution >= 4 is 22.6 Å². The Morgan fingerprint density at radius 1 is 1.20 bits per heavy atom. The predicted molar refractivity (Wildman–Crippen MR) is 94.1 cm³/mol. The molecule has 0 aliphatic heterocycles. The fraction of sp³-hybridized carbons (Fsp3) is 0.353. The second-order valence-corrected chi connectivity index (χ2v) is 6.23. The average Bonchev–Trinajstić information content (AvgIpc) is 3.00. The largest absolute Gasteiger partial charge is 0.311 e. The van der Waals surface area contributed by atoms with E-state index in [1.165, 1.54) is 4.68 Å². The maximum absolute atomic E-state index is 12.3. The van der Waals surface area contributed by atoms with Gasteiger partial charge in [0.1, 0.15) is 11.3 Å². The molecule has 0 saturated heterocycles. The molecule has 0 bridgehead atoms. The van der Waals surface area contributed by atoms with Gasteiger partial charge in [-0.15, -0.1) is 5.10 Å². The van der Waals surface area contributed by atoms with Crippen molar-refractivity contribution in [3.63, 3.8) is 0 Å². The van der Waals surface area contributed by atoms with Crippen molar-refractivity contribution in [3.05, 3.63) is 46.9 Å². The van der Waals surface area contributed by atoms with Crippen LogP contribution in [0.4, 0.5) is 5.82 Å². The van der Waals surface area contributed by atoms with Crippen LogP contribution in [0.1, 0.15) is 20.3 Å². The molecule has 1 amide bonds. The molecule has 8 heteroatoms. The van der Waals surface area contributed by atoms with Crippen LogP contribution in [-0.4, -0.2) is 30.7 Å². The third kappa shape index (κ3) is 3.90. The summed E-state index contributed by atoms with van der Waals surface area (Å²) in [6, 6.07) is 8.76. The summed E-state index contributed by atoms with van der Waals surface area (Å²) in [5.41, 5.74) is 0.300. The molecular weight excluding hydrogens is 320 g/mol. The second kappa shape index (κ2) is 7.25. The van der Waals surface area contributed by atoms with Crippen molar-refractivity contribution < 1.29 is 4.79 Å². The molecule has 0 saturated carbocycles. The first-order valence-corrected chi connectivity index (χ1v) is 8.19. The van der Waals surface area contributed by atoms with Gasteiger partial charge in [-0.05, 0) is 18.1 Å². The SMILES string of the molecule is CC(C)Cn1nccc1NC(=O)CCn1nnc2ccccc2c1=O. The smallest absolute Gasteiger partial charge is 0.277 e. The maximum atomic E-state index is 12.3. The molecule has 0 radical (unpaired) electrons. The number of carbonyl (C=O) groups excluding carboxylic acids is 1. The Labute approximate surface area is 144 Å². The summed E-state index contributed by atoms with van der Waals surface area (Å²) in [5, 5.41) is 15.4. The highest BCUT2D eigenvalue weighted by Gasteiger charge is 2.10. The number of aryl methyl sites for hydroxylation is 1. The van der Waals surface area contributed by atoms with Crippen LogP contribution >= 0.6 is 0 Å². The number of nitrogens with one attached hydrogen (secondary N) is 1. The van der Waals surface area contributed by atoms with Gasteiger partial charge in [-0.1, -0.05) is 31.2 Å². The van der Waals surface area contributed by atoms with Gasteiger partial charge in [0.15, 0.2) is 0 Å². The van der Waals surface area contributed by atoms with Crippen molar-refractivity contribution in [2.45, 2.75) is 33.4 Å². The zero-order chi connectivity index (χ0) is 17.8. The molecule has 130 valence electrons. The number of hydrogen-bond donors (Lipinski definition) is 1. The lowest BCUT2D eigenvalue weighted by molar-refractivity contribution is -0.116. The van der Waals surface area contributed by atoms with Gasteiger partial charge in [-0.25, -0.2) is 9.36 Å². The van der Waals surface area contributed by atoms with Gasteiger partial charge in [0.25, 0.3) is 5.56 Å². The Morgan fingerprint density at radius 2 is 2.00 bits per heavy atom. The monoisotopic (exact) mass is 340 g/mol. The molecule has 2 heterocycles. The van der Waals surface area contributed by atoms with E-state index in [2.05, 4.69) is 34.6 Å². The molecule has 1 aromatic carbocycles. The molecule has 3 rings (SSSR count). The zero-order valence-electron chi connectivity index (χ0n) is 14.2. The lowest BCUT2D eigenvalue weighted by Gasteiger charge is -2.11. The van der Waals surface area contributed by atoms with Crippen LogP contribution in [0.25, 0.3) is 10.9 Å². The standard InChI is InChI=1S/C17H20N6O2/c1-12(2)11-23-15(7-9-18-23)19-16(24)8-10-22-17(25)13-5-3-4-6-14(13)20-21-22/h3-7,9,12H,8,10-11H2,1-2H3,(H,19,24). The van der Waals surface area contributed by atoms with Gasteiger partial charge in [0, 0.05) is 19.0 Å². The van der Waals surface area contributed by atoms with Gasteiger partial charge in [0.2, 0.25) is 5.91 Å². The van der Waals surface area contributed by atoms with Crippen molar-refractivity contribution in [1.29, 1.82) is 0 Å². The van der Waals surface area contributed by atoms with Crippen LogP contribution in [0.5, 0.6) is 0 Å². The van der Waals surface area contributed by atoms with Gasteiger partial charge < -0.3 is 5.32 Å². The number of amides is 1. The first-order chi connectivity index (χ1) is 12.0. The molecule has 0 atom stereocenters. The van der Waals surface area contributed by atoms with E-state index in [4.69, 9.17) is 0 Å². The van der Waals surface area contributed by atoms with Crippen LogP contribution in [-0.2, 0) is 17.9 Å². The van der Waals surface area contributed by atoms with Crippen LogP contribution < -0.4 is 10.9 Å². The fourth-order valence-electron chi connectivity index (χ4n) is 2.51. The van der Waals surface area contributed by atoms with Crippen molar-refractivity contribution in [3.8, 4) is 0 Å². The van der Waals surface area contributed by atoms with Gasteiger partial charge in [0.05, 0.1) is 18.1 Å². The first kappa shape index (κ1) is 16.8. The first-order valence-electron chi connectivity index (χ1n) is 8.19. The number of fused-ring (bicyclic) bond motifs is 1. The molecule has 0 spiro atoms. The molecule has 3 aromatic rings. The number of anilines is 1. The lowest BCUT2D eigenvalue weighted by atomic mass is 10.2. The van der Waals surface area contributed by atoms with Crippen LogP contribution in [0.3, 0.4) is 0 Å². The highest BCUT2D eigenvalue weighted by Crippen LogP contribution is 2.10. The number of rotatable bonds is 6. The van der Waals surface area contributed by atoms with Crippen LogP contribution in [0, 0.1) is 5.92 Å². The van der Waals surface area contributed by atoms with E-state index in [1.807, 2.05) is 0 Å². The average molecular weight is 340 g/mol. The van der Waals surface area contributed by atoms with Crippen molar-refractivity contribution in [1.82, 2.24) is 24.8 Å². The summed E-state index contributed by atoms with van der Waals surface area (Å²) in [6.07, 6.45) is 1.77. The molecule has 0 unspecified atom stereocenters. The number of benzene rings is 1. The van der Waals surface area contributed by atoms with Crippen LogP contribution in [0.15, 0.2) is 41.3 Å². The summed E-state index contributed by atoms with van der Waals surface area (Å²) in [7, 11) is 0. The summed E-state index contributed by atoms with van der Waals surface area (Å²) in [5.74, 6) is 0.866. The van der Waals surface area contributed by atoms with E-state index in [9.17, 15) is 9.59 Å². The Hall–Kier alpha value is -3.03. The maximum Gasteiger partial charge on any atom is 0.277 e. The van der Waals surface area contributed by atoms with E-state index in [0.29, 0.717) is 22.6 Å². The van der Waals surface area contributed by atoms with Crippen molar-refractivity contribution in [2.24, 2.45) is 5.92 Å². The third-order valence-electron chi connectivity index (χ3n) is 3.70. The molecule has 8 nitrogen and oxygen atoms in total. The summed E-state index contributed by atoms with van der Waals surface area (Å²) >= 11 is 0. The minimum Gasteiger partial charge on any atom is -0.311 e. The molecule has 25 heavy (non-hydrogen) atoms. The van der Waals surface area contributed by atoms with E-state index in [-0.39, 0.29) is 24.4 Å². The number of aromatic nitrogens is 5. The van der Waals surface area contributed by atoms with Gasteiger partial charge >= 0.3 is 0 Å². The fourth-order valence-corrected chi connectivity index (χ4v) is 2.51. The molecule has 1 N–H and O–H groups in total. The summed E-state index contributed by atoms with van der Waals surface area (Å²) < 4.78 is 2.97. The predicted octanol–water partition coefficient (Wildman–Crippen LogP) is 1.67. The van der Waals surface area contributed by atoms with E-state index < -0.39 is 0 Å². The van der Waals surface area contributed by atoms with E-state index >= 15 is 0 Å². The zero-order valence-corrected chi connectivity index (χ0v) is 14.2. The Balaban J connectivity index is 1.66. The highest BCUT2D eigenvalue weighted by molar-refractivity contribution is 5.89. The normalized spacial score (nSPS) is 11.2. The summed E-state index contributed by atoms with van der Waals surface area (Å²) in [6.45, 7) is 5.05. The Kier molecular flexibility index (Phi) is 4.87. The van der Waals surface area contributed by atoms with Gasteiger partial charge in [-0.3, -0.25) is 9.59 Å². The Morgan fingerprint density at radius 3 is 2.80 bits per heavy atom. The molecule has 0 fully saturated rings. The summed E-state index contributed by atoms with van der Waals surface area (Å²) in [4.78, 5) is 24.5. The molecule has 2 aromatic heterocycles. The highest BCUT2D eigenvalue weighted by atomic mass is 16.2. The number of hydrogen-bond acceptors (Lipinski definition) is 5. The quantitative estimate of drug-likeness (QED) is 0.736. The van der Waals surface area contributed by atoms with E-state index in [0.717, 1.165) is 6.54 Å². The number of carbonyl (C=O) groups is 1. The van der Waals surface area contributed by atoms with E-state index in [1.54, 1.807) is 41.2 Å². The molecular formula is C17H20N6O2. The van der Waals surface area contributed by atoms with Crippen LogP contribution in [0.2, 0.25) is 0 Å². The molecule has 0 aliphatic carbocycles. The number of nitrogens with zero attached hydrogens (tertiary/aromatic N) is 5.